The minimum atomic E-state index is -0.779. The molecule has 6 heteroatoms. The second-order valence-corrected chi connectivity index (χ2v) is 9.41. The van der Waals surface area contributed by atoms with Gasteiger partial charge in [-0.05, 0) is 47.2 Å². The minimum absolute atomic E-state index is 0.110. The number of benzene rings is 2. The molecule has 1 aromatic heterocycles. The fraction of sp³-hybridized carbons (Fsp3) is 0.423. The highest BCUT2D eigenvalue weighted by Crippen LogP contribution is 2.31. The van der Waals surface area contributed by atoms with Crippen LogP contribution in [0, 0.1) is 5.82 Å². The van der Waals surface area contributed by atoms with Crippen molar-refractivity contribution in [3.63, 3.8) is 0 Å². The summed E-state index contributed by atoms with van der Waals surface area (Å²) in [5, 5.41) is 0. The van der Waals surface area contributed by atoms with Gasteiger partial charge >= 0.3 is 0 Å². The Morgan fingerprint density at radius 1 is 1.12 bits per heavy atom. The zero-order valence-corrected chi connectivity index (χ0v) is 19.0. The standard InChI is InChI=1S/C26H31FN2O3/c1-25(2,3)21-6-10-23(11-7-21)30-16-24-17-31-26(32-24,18-29-15-14-28-19-29)13-12-20-4-8-22(27)9-5-20/h4-11,14-15,19,24H,12-13,16-18H2,1-3H3. The molecule has 2 unspecified atom stereocenters. The number of ether oxygens (including phenoxy) is 3. The molecule has 0 amide bonds. The molecule has 1 aliphatic rings. The van der Waals surface area contributed by atoms with Gasteiger partial charge in [-0.15, -0.1) is 0 Å². The molecule has 0 aliphatic carbocycles. The predicted octanol–water partition coefficient (Wildman–Crippen LogP) is 5.14. The van der Waals surface area contributed by atoms with Crippen molar-refractivity contribution < 1.29 is 18.6 Å². The van der Waals surface area contributed by atoms with Gasteiger partial charge in [0.2, 0.25) is 0 Å². The van der Waals surface area contributed by atoms with Crippen LogP contribution in [0.2, 0.25) is 0 Å². The van der Waals surface area contributed by atoms with Crippen molar-refractivity contribution in [3.8, 4) is 5.75 Å². The van der Waals surface area contributed by atoms with Crippen LogP contribution >= 0.6 is 0 Å². The normalized spacial score (nSPS) is 21.1. The molecule has 3 aromatic rings. The van der Waals surface area contributed by atoms with Crippen molar-refractivity contribution >= 4 is 0 Å². The Hall–Kier alpha value is -2.70. The zero-order valence-electron chi connectivity index (χ0n) is 19.0. The first-order valence-electron chi connectivity index (χ1n) is 11.1. The van der Waals surface area contributed by atoms with Crippen LogP contribution < -0.4 is 4.74 Å². The summed E-state index contributed by atoms with van der Waals surface area (Å²) in [5.74, 6) is -0.192. The van der Waals surface area contributed by atoms with E-state index in [-0.39, 0.29) is 17.3 Å². The van der Waals surface area contributed by atoms with Crippen LogP contribution in [-0.2, 0) is 27.9 Å². The highest BCUT2D eigenvalue weighted by molar-refractivity contribution is 5.31. The van der Waals surface area contributed by atoms with Gasteiger partial charge < -0.3 is 18.8 Å². The number of aromatic nitrogens is 2. The lowest BCUT2D eigenvalue weighted by Crippen LogP contribution is -2.37. The maximum Gasteiger partial charge on any atom is 0.187 e. The molecule has 0 bridgehead atoms. The molecule has 0 saturated carbocycles. The number of rotatable bonds is 8. The number of nitrogens with zero attached hydrogens (tertiary/aromatic N) is 2. The van der Waals surface area contributed by atoms with Gasteiger partial charge in [-0.1, -0.05) is 45.0 Å². The summed E-state index contributed by atoms with van der Waals surface area (Å²) >= 11 is 0. The summed E-state index contributed by atoms with van der Waals surface area (Å²) in [7, 11) is 0. The molecule has 1 saturated heterocycles. The van der Waals surface area contributed by atoms with Crippen molar-refractivity contribution in [2.24, 2.45) is 0 Å². The van der Waals surface area contributed by atoms with Gasteiger partial charge in [0.1, 0.15) is 24.3 Å². The van der Waals surface area contributed by atoms with E-state index in [0.29, 0.717) is 26.2 Å². The summed E-state index contributed by atoms with van der Waals surface area (Å²) in [6.45, 7) is 7.98. The van der Waals surface area contributed by atoms with Crippen LogP contribution in [0.25, 0.3) is 0 Å². The average molecular weight is 439 g/mol. The molecule has 2 atom stereocenters. The quantitative estimate of drug-likeness (QED) is 0.488. The molecule has 0 N–H and O–H groups in total. The molecule has 0 spiro atoms. The Morgan fingerprint density at radius 3 is 2.53 bits per heavy atom. The van der Waals surface area contributed by atoms with Crippen LogP contribution in [0.4, 0.5) is 4.39 Å². The lowest BCUT2D eigenvalue weighted by atomic mass is 9.87. The molecule has 1 aliphatic heterocycles. The van der Waals surface area contributed by atoms with E-state index in [1.807, 2.05) is 22.9 Å². The average Bonchev–Trinajstić information content (AvgIpc) is 3.42. The summed E-state index contributed by atoms with van der Waals surface area (Å²) < 4.78 is 33.8. The molecule has 0 radical (unpaired) electrons. The monoisotopic (exact) mass is 438 g/mol. The topological polar surface area (TPSA) is 45.5 Å². The van der Waals surface area contributed by atoms with E-state index in [1.54, 1.807) is 24.7 Å². The van der Waals surface area contributed by atoms with E-state index in [0.717, 1.165) is 17.7 Å². The molecule has 170 valence electrons. The first kappa shape index (κ1) is 22.5. The van der Waals surface area contributed by atoms with E-state index in [2.05, 4.69) is 37.9 Å². The largest absolute Gasteiger partial charge is 0.491 e. The van der Waals surface area contributed by atoms with Crippen LogP contribution in [0.15, 0.2) is 67.3 Å². The van der Waals surface area contributed by atoms with Crippen LogP contribution in [0.1, 0.15) is 38.3 Å². The number of imidazole rings is 1. The van der Waals surface area contributed by atoms with E-state index in [1.165, 1.54) is 17.7 Å². The van der Waals surface area contributed by atoms with E-state index in [9.17, 15) is 4.39 Å². The van der Waals surface area contributed by atoms with Crippen LogP contribution in [0.3, 0.4) is 0 Å². The molecule has 1 fully saturated rings. The fourth-order valence-electron chi connectivity index (χ4n) is 3.88. The van der Waals surface area contributed by atoms with Gasteiger partial charge in [-0.2, -0.15) is 0 Å². The molecule has 4 rings (SSSR count). The first-order valence-corrected chi connectivity index (χ1v) is 11.1. The minimum Gasteiger partial charge on any atom is -0.491 e. The summed E-state index contributed by atoms with van der Waals surface area (Å²) in [6.07, 6.45) is 6.59. The Labute approximate surface area is 189 Å². The second kappa shape index (κ2) is 9.43. The van der Waals surface area contributed by atoms with E-state index in [4.69, 9.17) is 14.2 Å². The third-order valence-corrected chi connectivity index (χ3v) is 5.76. The maximum atomic E-state index is 13.2. The van der Waals surface area contributed by atoms with Gasteiger partial charge in [0.25, 0.3) is 0 Å². The Morgan fingerprint density at radius 2 is 1.88 bits per heavy atom. The molecule has 32 heavy (non-hydrogen) atoms. The molecule has 2 heterocycles. The number of hydrogen-bond acceptors (Lipinski definition) is 4. The van der Waals surface area contributed by atoms with Crippen molar-refractivity contribution in [2.75, 3.05) is 13.2 Å². The highest BCUT2D eigenvalue weighted by Gasteiger charge is 2.42. The number of halogens is 1. The van der Waals surface area contributed by atoms with Gasteiger partial charge in [-0.3, -0.25) is 0 Å². The predicted molar refractivity (Wildman–Crippen MR) is 121 cm³/mol. The van der Waals surface area contributed by atoms with Gasteiger partial charge in [-0.25, -0.2) is 9.37 Å². The smallest absolute Gasteiger partial charge is 0.187 e. The van der Waals surface area contributed by atoms with E-state index < -0.39 is 5.79 Å². The van der Waals surface area contributed by atoms with Crippen LogP contribution in [0.5, 0.6) is 5.75 Å². The molecular formula is C26H31FN2O3. The van der Waals surface area contributed by atoms with Crippen molar-refractivity contribution in [3.05, 3.63) is 84.2 Å². The summed E-state index contributed by atoms with van der Waals surface area (Å²) in [5.41, 5.74) is 2.42. The first-order chi connectivity index (χ1) is 15.3. The fourth-order valence-corrected chi connectivity index (χ4v) is 3.88. The lowest BCUT2D eigenvalue weighted by Gasteiger charge is -2.28. The molecule has 2 aromatic carbocycles. The Kier molecular flexibility index (Phi) is 6.63. The summed E-state index contributed by atoms with van der Waals surface area (Å²) in [4.78, 5) is 4.13. The van der Waals surface area contributed by atoms with Crippen LogP contribution in [-0.4, -0.2) is 34.7 Å². The van der Waals surface area contributed by atoms with Gasteiger partial charge in [0.15, 0.2) is 5.79 Å². The Bertz CT molecular complexity index is 981. The number of hydrogen-bond donors (Lipinski definition) is 0. The SMILES string of the molecule is CC(C)(C)c1ccc(OCC2COC(CCc3ccc(F)cc3)(Cn3ccnc3)O2)cc1. The highest BCUT2D eigenvalue weighted by atomic mass is 19.1. The van der Waals surface area contributed by atoms with Gasteiger partial charge in [0, 0.05) is 18.8 Å². The lowest BCUT2D eigenvalue weighted by molar-refractivity contribution is -0.184. The Balaban J connectivity index is 1.38. The second-order valence-electron chi connectivity index (χ2n) is 9.41. The maximum absolute atomic E-state index is 13.2. The molecule has 5 nitrogen and oxygen atoms in total. The zero-order chi connectivity index (χ0) is 22.6. The third kappa shape index (κ3) is 5.75. The summed E-state index contributed by atoms with van der Waals surface area (Å²) in [6, 6.07) is 14.8. The van der Waals surface area contributed by atoms with Crippen molar-refractivity contribution in [1.82, 2.24) is 9.55 Å². The third-order valence-electron chi connectivity index (χ3n) is 5.76. The van der Waals surface area contributed by atoms with E-state index >= 15 is 0 Å². The van der Waals surface area contributed by atoms with Crippen molar-refractivity contribution in [1.29, 1.82) is 0 Å². The number of aryl methyl sites for hydroxylation is 1. The van der Waals surface area contributed by atoms with Crippen molar-refractivity contribution in [2.45, 2.75) is 57.5 Å². The molecular weight excluding hydrogens is 407 g/mol. The van der Waals surface area contributed by atoms with Gasteiger partial charge in [0.05, 0.1) is 19.5 Å².